The van der Waals surface area contributed by atoms with Crippen LogP contribution in [0.4, 0.5) is 0 Å². The lowest BCUT2D eigenvalue weighted by molar-refractivity contribution is 0.858. The van der Waals surface area contributed by atoms with Gasteiger partial charge >= 0.3 is 0 Å². The lowest BCUT2D eigenvalue weighted by Gasteiger charge is -1.94. The van der Waals surface area contributed by atoms with E-state index in [0.717, 1.165) is 37.1 Å². The minimum absolute atomic E-state index is 0.947. The Morgan fingerprint density at radius 1 is 1.05 bits per heavy atom. The Morgan fingerprint density at radius 2 is 1.86 bits per heavy atom. The van der Waals surface area contributed by atoms with Crippen LogP contribution < -0.4 is 0 Å². The van der Waals surface area contributed by atoms with Gasteiger partial charge in [-0.1, -0.05) is 0 Å². The van der Waals surface area contributed by atoms with Crippen LogP contribution in [0.1, 0.15) is 32.0 Å². The molecule has 110 valence electrons. The van der Waals surface area contributed by atoms with Crippen molar-refractivity contribution in [1.82, 2.24) is 20.2 Å². The summed E-state index contributed by atoms with van der Waals surface area (Å²) in [6.45, 7) is 4.12. The fourth-order valence-corrected chi connectivity index (χ4v) is 3.79. The molecule has 3 aromatic rings. The van der Waals surface area contributed by atoms with E-state index in [1.54, 1.807) is 22.7 Å². The van der Waals surface area contributed by atoms with Crippen molar-refractivity contribution in [3.63, 3.8) is 0 Å². The highest BCUT2D eigenvalue weighted by atomic mass is 32.1. The van der Waals surface area contributed by atoms with E-state index in [1.165, 1.54) is 20.6 Å². The first-order valence-corrected chi connectivity index (χ1v) is 8.74. The summed E-state index contributed by atoms with van der Waals surface area (Å²) in [6, 6.07) is 2.10. The van der Waals surface area contributed by atoms with Crippen molar-refractivity contribution in [2.24, 2.45) is 0 Å². The van der Waals surface area contributed by atoms with Gasteiger partial charge in [0.15, 0.2) is 0 Å². The van der Waals surface area contributed by atoms with Gasteiger partial charge in [-0.15, -0.1) is 22.7 Å². The van der Waals surface area contributed by atoms with Crippen LogP contribution >= 0.6 is 22.7 Å². The van der Waals surface area contributed by atoms with Crippen molar-refractivity contribution >= 4 is 22.7 Å². The van der Waals surface area contributed by atoms with Crippen molar-refractivity contribution in [1.29, 1.82) is 0 Å². The number of nitrogens with one attached hydrogen (secondary N) is 1. The van der Waals surface area contributed by atoms with Gasteiger partial charge < -0.3 is 0 Å². The largest absolute Gasteiger partial charge is 0.283 e. The van der Waals surface area contributed by atoms with Crippen LogP contribution in [0.3, 0.4) is 0 Å². The maximum absolute atomic E-state index is 4.71. The minimum atomic E-state index is 0.947. The molecule has 0 aliphatic rings. The zero-order chi connectivity index (χ0) is 14.7. The Labute approximate surface area is 132 Å². The second-order valence-electron chi connectivity index (χ2n) is 5.14. The van der Waals surface area contributed by atoms with E-state index in [9.17, 15) is 0 Å². The van der Waals surface area contributed by atoms with Gasteiger partial charge in [-0.05, 0) is 32.8 Å². The first-order valence-electron chi connectivity index (χ1n) is 7.04. The number of aryl methyl sites for hydroxylation is 6. The van der Waals surface area contributed by atoms with E-state index in [0.29, 0.717) is 0 Å². The predicted octanol–water partition coefficient (Wildman–Crippen LogP) is 3.51. The molecule has 0 bridgehead atoms. The fourth-order valence-electron chi connectivity index (χ4n) is 2.17. The maximum Gasteiger partial charge on any atom is 0.0932 e. The zero-order valence-electron chi connectivity index (χ0n) is 12.2. The third kappa shape index (κ3) is 3.98. The van der Waals surface area contributed by atoms with Gasteiger partial charge in [0.05, 0.1) is 21.4 Å². The molecule has 0 saturated heterocycles. The normalized spacial score (nSPS) is 11.1. The molecule has 0 amide bonds. The Bertz CT molecular complexity index is 652. The summed E-state index contributed by atoms with van der Waals surface area (Å²) >= 11 is 3.53. The predicted molar refractivity (Wildman–Crippen MR) is 87.1 cm³/mol. The highest BCUT2D eigenvalue weighted by Gasteiger charge is 2.06. The summed E-state index contributed by atoms with van der Waals surface area (Å²) < 4.78 is 0. The van der Waals surface area contributed by atoms with Gasteiger partial charge in [0.1, 0.15) is 0 Å². The second kappa shape index (κ2) is 6.49. The van der Waals surface area contributed by atoms with Crippen molar-refractivity contribution < 1.29 is 0 Å². The van der Waals surface area contributed by atoms with Gasteiger partial charge in [-0.25, -0.2) is 9.97 Å². The number of nitrogens with zero attached hydrogens (tertiary/aromatic N) is 3. The lowest BCUT2D eigenvalue weighted by Crippen LogP contribution is -1.94. The summed E-state index contributed by atoms with van der Waals surface area (Å²) in [5.41, 5.74) is 3.41. The third-order valence-electron chi connectivity index (χ3n) is 3.22. The van der Waals surface area contributed by atoms with Crippen molar-refractivity contribution in [3.05, 3.63) is 49.6 Å². The molecule has 0 spiro atoms. The molecule has 0 unspecified atom stereocenters. The first kappa shape index (κ1) is 14.4. The van der Waals surface area contributed by atoms with Crippen molar-refractivity contribution in [3.8, 4) is 0 Å². The molecule has 0 aliphatic carbocycles. The summed E-state index contributed by atoms with van der Waals surface area (Å²) in [7, 11) is 0. The van der Waals surface area contributed by atoms with Gasteiger partial charge in [0.2, 0.25) is 0 Å². The Balaban J connectivity index is 1.51. The van der Waals surface area contributed by atoms with Crippen LogP contribution in [0, 0.1) is 13.8 Å². The number of hydrogen-bond acceptors (Lipinski definition) is 5. The van der Waals surface area contributed by atoms with E-state index in [1.807, 2.05) is 13.1 Å². The molecule has 0 atom stereocenters. The van der Waals surface area contributed by atoms with Crippen molar-refractivity contribution in [2.45, 2.75) is 39.5 Å². The molecular formula is C15H18N4S2. The average Bonchev–Trinajstić information content (AvgIpc) is 3.16. The molecule has 0 fully saturated rings. The van der Waals surface area contributed by atoms with E-state index < -0.39 is 0 Å². The number of thiazole rings is 2. The van der Waals surface area contributed by atoms with Crippen LogP contribution in [0.5, 0.6) is 0 Å². The molecule has 0 saturated carbocycles. The number of hydrogen-bond donors (Lipinski definition) is 1. The molecular weight excluding hydrogens is 300 g/mol. The minimum Gasteiger partial charge on any atom is -0.283 e. The number of rotatable bonds is 6. The molecule has 0 aliphatic heterocycles. The first-order chi connectivity index (χ1) is 10.2. The molecule has 4 nitrogen and oxygen atoms in total. The smallest absolute Gasteiger partial charge is 0.0932 e. The van der Waals surface area contributed by atoms with Crippen LogP contribution in [0.25, 0.3) is 0 Å². The van der Waals surface area contributed by atoms with Crippen LogP contribution in [-0.4, -0.2) is 20.2 Å². The molecule has 3 aromatic heterocycles. The topological polar surface area (TPSA) is 54.5 Å². The van der Waals surface area contributed by atoms with Gasteiger partial charge in [0.25, 0.3) is 0 Å². The maximum atomic E-state index is 4.71. The quantitative estimate of drug-likeness (QED) is 0.756. The summed E-state index contributed by atoms with van der Waals surface area (Å²) in [5.74, 6) is 0. The fraction of sp³-hybridized carbons (Fsp3) is 0.400. The lowest BCUT2D eigenvalue weighted by atomic mass is 10.2. The molecule has 0 aromatic carbocycles. The van der Waals surface area contributed by atoms with Gasteiger partial charge in [-0.2, -0.15) is 5.10 Å². The van der Waals surface area contributed by atoms with Crippen LogP contribution in [-0.2, 0) is 25.7 Å². The van der Waals surface area contributed by atoms with E-state index in [4.69, 9.17) is 4.98 Å². The second-order valence-corrected chi connectivity index (χ2v) is 7.40. The van der Waals surface area contributed by atoms with E-state index in [2.05, 4.69) is 33.6 Å². The Morgan fingerprint density at radius 3 is 2.57 bits per heavy atom. The van der Waals surface area contributed by atoms with E-state index >= 15 is 0 Å². The molecule has 21 heavy (non-hydrogen) atoms. The average molecular weight is 318 g/mol. The third-order valence-corrected chi connectivity index (χ3v) is 5.15. The van der Waals surface area contributed by atoms with Gasteiger partial charge in [-0.3, -0.25) is 5.10 Å². The van der Waals surface area contributed by atoms with Crippen LogP contribution in [0.15, 0.2) is 17.6 Å². The highest BCUT2D eigenvalue weighted by Crippen LogP contribution is 2.17. The number of aromatic amines is 1. The van der Waals surface area contributed by atoms with E-state index in [-0.39, 0.29) is 0 Å². The molecule has 6 heteroatoms. The number of aromatic nitrogens is 4. The standard InChI is InChI=1S/C15H18N4S2/c1-10-7-12(19-18-10)3-6-15-17-13(9-20-15)4-5-14-16-8-11(2)21-14/h7-9H,3-6H2,1-2H3,(H,18,19). The SMILES string of the molecule is Cc1cc(CCc2nc(CCc3ncc(C)s3)cs2)n[nH]1. The zero-order valence-corrected chi connectivity index (χ0v) is 13.9. The molecule has 3 rings (SSSR count). The van der Waals surface area contributed by atoms with Crippen LogP contribution in [0.2, 0.25) is 0 Å². The number of H-pyrrole nitrogens is 1. The summed E-state index contributed by atoms with van der Waals surface area (Å²) in [5, 5.41) is 11.8. The van der Waals surface area contributed by atoms with Crippen molar-refractivity contribution in [2.75, 3.05) is 0 Å². The Kier molecular flexibility index (Phi) is 4.45. The summed E-state index contributed by atoms with van der Waals surface area (Å²) in [4.78, 5) is 10.4. The molecule has 1 N–H and O–H groups in total. The molecule has 3 heterocycles. The molecule has 0 radical (unpaired) electrons. The monoisotopic (exact) mass is 318 g/mol. The summed E-state index contributed by atoms with van der Waals surface area (Å²) in [6.07, 6.45) is 5.82. The highest BCUT2D eigenvalue weighted by molar-refractivity contribution is 7.11. The Hall–Kier alpha value is -1.53. The van der Waals surface area contributed by atoms with Gasteiger partial charge in [0, 0.05) is 35.0 Å².